The number of anilines is 1. The lowest BCUT2D eigenvalue weighted by Crippen LogP contribution is -2.07. The van der Waals surface area contributed by atoms with Gasteiger partial charge in [-0.25, -0.2) is 4.39 Å². The van der Waals surface area contributed by atoms with Gasteiger partial charge in [-0.2, -0.15) is 0 Å². The molecule has 0 amide bonds. The highest BCUT2D eigenvalue weighted by Crippen LogP contribution is 2.29. The summed E-state index contributed by atoms with van der Waals surface area (Å²) in [6.45, 7) is 1.88. The Labute approximate surface area is 124 Å². The molecule has 2 aromatic rings. The van der Waals surface area contributed by atoms with Gasteiger partial charge < -0.3 is 10.5 Å². The minimum Gasteiger partial charge on any atom is -0.496 e. The van der Waals surface area contributed by atoms with Crippen LogP contribution in [0.25, 0.3) is 0 Å². The quantitative estimate of drug-likeness (QED) is 0.686. The van der Waals surface area contributed by atoms with Crippen LogP contribution >= 0.6 is 15.9 Å². The van der Waals surface area contributed by atoms with Crippen LogP contribution < -0.4 is 10.5 Å². The fourth-order valence-corrected chi connectivity index (χ4v) is 2.38. The van der Waals surface area contributed by atoms with Crippen LogP contribution in [0.5, 0.6) is 5.75 Å². The molecule has 0 radical (unpaired) electrons. The molecule has 0 saturated carbocycles. The molecule has 2 N–H and O–H groups in total. The molecule has 2 aromatic carbocycles. The van der Waals surface area contributed by atoms with Gasteiger partial charge >= 0.3 is 0 Å². The van der Waals surface area contributed by atoms with E-state index in [4.69, 9.17) is 10.5 Å². The van der Waals surface area contributed by atoms with Crippen LogP contribution in [0, 0.1) is 12.7 Å². The van der Waals surface area contributed by atoms with Crippen molar-refractivity contribution >= 4 is 27.4 Å². The first-order valence-corrected chi connectivity index (χ1v) is 6.67. The van der Waals surface area contributed by atoms with E-state index in [1.54, 1.807) is 12.1 Å². The highest BCUT2D eigenvalue weighted by Gasteiger charge is 2.19. The molecule has 0 fully saturated rings. The summed E-state index contributed by atoms with van der Waals surface area (Å²) in [5.41, 5.74) is 7.11. The highest BCUT2D eigenvalue weighted by atomic mass is 79.9. The van der Waals surface area contributed by atoms with E-state index in [0.29, 0.717) is 21.3 Å². The average Bonchev–Trinajstić information content (AvgIpc) is 2.42. The monoisotopic (exact) mass is 337 g/mol. The number of carbonyl (C=O) groups excluding carboxylic acids is 1. The number of halogens is 2. The van der Waals surface area contributed by atoms with Crippen LogP contribution in [0.1, 0.15) is 21.5 Å². The Morgan fingerprint density at radius 1 is 1.25 bits per heavy atom. The lowest BCUT2D eigenvalue weighted by molar-refractivity contribution is 0.103. The Kier molecular flexibility index (Phi) is 4.09. The van der Waals surface area contributed by atoms with Gasteiger partial charge in [0, 0.05) is 10.0 Å². The standard InChI is InChI=1S/C15H13BrFNO2/c1-8-3-4-14(20-2)10(5-8)15(19)9-6-13(18)12(17)7-11(9)16/h3-7H,18H2,1-2H3. The summed E-state index contributed by atoms with van der Waals surface area (Å²) in [4.78, 5) is 12.6. The number of hydrogen-bond acceptors (Lipinski definition) is 3. The maximum Gasteiger partial charge on any atom is 0.197 e. The second-order valence-electron chi connectivity index (χ2n) is 4.39. The largest absolute Gasteiger partial charge is 0.496 e. The van der Waals surface area contributed by atoms with Crippen LogP contribution in [-0.2, 0) is 0 Å². The van der Waals surface area contributed by atoms with Crippen molar-refractivity contribution < 1.29 is 13.9 Å². The van der Waals surface area contributed by atoms with Crippen molar-refractivity contribution in [2.24, 2.45) is 0 Å². The molecule has 0 aliphatic heterocycles. The maximum absolute atomic E-state index is 13.3. The van der Waals surface area contributed by atoms with Crippen LogP contribution in [0.4, 0.5) is 10.1 Å². The Balaban J connectivity index is 2.57. The Morgan fingerprint density at radius 3 is 2.60 bits per heavy atom. The van der Waals surface area contributed by atoms with Crippen molar-refractivity contribution in [3.8, 4) is 5.75 Å². The average molecular weight is 338 g/mol. The number of aryl methyl sites for hydroxylation is 1. The van der Waals surface area contributed by atoms with E-state index in [1.165, 1.54) is 19.2 Å². The molecule has 0 saturated heterocycles. The van der Waals surface area contributed by atoms with E-state index in [2.05, 4.69) is 15.9 Å². The van der Waals surface area contributed by atoms with Crippen molar-refractivity contribution in [3.05, 3.63) is 57.3 Å². The summed E-state index contributed by atoms with van der Waals surface area (Å²) in [5.74, 6) is -0.371. The fraction of sp³-hybridized carbons (Fsp3) is 0.133. The Morgan fingerprint density at radius 2 is 1.95 bits per heavy atom. The number of ketones is 1. The highest BCUT2D eigenvalue weighted by molar-refractivity contribution is 9.10. The number of nitrogen functional groups attached to an aromatic ring is 1. The van der Waals surface area contributed by atoms with E-state index in [0.717, 1.165) is 5.56 Å². The van der Waals surface area contributed by atoms with Gasteiger partial charge in [-0.15, -0.1) is 0 Å². The van der Waals surface area contributed by atoms with Crippen molar-refractivity contribution in [2.75, 3.05) is 12.8 Å². The number of carbonyl (C=O) groups is 1. The number of benzene rings is 2. The van der Waals surface area contributed by atoms with E-state index < -0.39 is 5.82 Å². The molecule has 0 atom stereocenters. The number of ether oxygens (including phenoxy) is 1. The third-order valence-electron chi connectivity index (χ3n) is 2.93. The molecule has 0 heterocycles. The summed E-state index contributed by atoms with van der Waals surface area (Å²) in [6, 6.07) is 7.81. The summed E-state index contributed by atoms with van der Waals surface area (Å²) < 4.78 is 18.9. The smallest absolute Gasteiger partial charge is 0.197 e. The Hall–Kier alpha value is -1.88. The molecule has 0 aliphatic carbocycles. The van der Waals surface area contributed by atoms with Gasteiger partial charge in [-0.3, -0.25) is 4.79 Å². The summed E-state index contributed by atoms with van der Waals surface area (Å²) in [6.07, 6.45) is 0. The fourth-order valence-electron chi connectivity index (χ4n) is 1.88. The summed E-state index contributed by atoms with van der Waals surface area (Å²) in [7, 11) is 1.50. The molecule has 0 aromatic heterocycles. The van der Waals surface area contributed by atoms with Gasteiger partial charge in [-0.1, -0.05) is 11.6 Å². The molecule has 20 heavy (non-hydrogen) atoms. The number of nitrogens with two attached hydrogens (primary N) is 1. The third kappa shape index (κ3) is 2.67. The van der Waals surface area contributed by atoms with Crippen molar-refractivity contribution in [2.45, 2.75) is 6.92 Å². The molecule has 0 spiro atoms. The first-order valence-electron chi connectivity index (χ1n) is 5.88. The van der Waals surface area contributed by atoms with Crippen molar-refractivity contribution in [3.63, 3.8) is 0 Å². The van der Waals surface area contributed by atoms with Gasteiger partial charge in [0.1, 0.15) is 11.6 Å². The topological polar surface area (TPSA) is 52.3 Å². The molecule has 0 bridgehead atoms. The number of hydrogen-bond donors (Lipinski definition) is 1. The lowest BCUT2D eigenvalue weighted by atomic mass is 10.00. The van der Waals surface area contributed by atoms with Crippen molar-refractivity contribution in [1.29, 1.82) is 0 Å². The van der Waals surface area contributed by atoms with Gasteiger partial charge in [0.25, 0.3) is 0 Å². The van der Waals surface area contributed by atoms with Gasteiger partial charge in [-0.05, 0) is 47.1 Å². The molecular weight excluding hydrogens is 325 g/mol. The van der Waals surface area contributed by atoms with E-state index in [1.807, 2.05) is 13.0 Å². The first kappa shape index (κ1) is 14.5. The minimum absolute atomic E-state index is 0.0665. The Bertz CT molecular complexity index is 686. The number of methoxy groups -OCH3 is 1. The maximum atomic E-state index is 13.3. The van der Waals surface area contributed by atoms with E-state index >= 15 is 0 Å². The van der Waals surface area contributed by atoms with E-state index in [-0.39, 0.29) is 11.5 Å². The molecule has 0 unspecified atom stereocenters. The molecule has 5 heteroatoms. The van der Waals surface area contributed by atoms with Crippen LogP contribution in [0.2, 0.25) is 0 Å². The third-order valence-corrected chi connectivity index (χ3v) is 3.59. The predicted octanol–water partition coefficient (Wildman–Crippen LogP) is 3.72. The van der Waals surface area contributed by atoms with Gasteiger partial charge in [0.05, 0.1) is 18.4 Å². The zero-order valence-corrected chi connectivity index (χ0v) is 12.6. The van der Waals surface area contributed by atoms with Crippen LogP contribution in [0.15, 0.2) is 34.8 Å². The molecule has 0 aliphatic rings. The molecule has 104 valence electrons. The minimum atomic E-state index is -0.565. The molecule has 2 rings (SSSR count). The van der Waals surface area contributed by atoms with Crippen molar-refractivity contribution in [1.82, 2.24) is 0 Å². The molecule has 3 nitrogen and oxygen atoms in total. The normalized spacial score (nSPS) is 10.4. The SMILES string of the molecule is COc1ccc(C)cc1C(=O)c1cc(N)c(F)cc1Br. The second kappa shape index (κ2) is 5.63. The summed E-state index contributed by atoms with van der Waals surface area (Å²) >= 11 is 3.19. The lowest BCUT2D eigenvalue weighted by Gasteiger charge is -2.10. The zero-order chi connectivity index (χ0) is 14.9. The summed E-state index contributed by atoms with van der Waals surface area (Å²) in [5, 5.41) is 0. The van der Waals surface area contributed by atoms with Crippen LogP contribution in [-0.4, -0.2) is 12.9 Å². The van der Waals surface area contributed by atoms with Crippen LogP contribution in [0.3, 0.4) is 0 Å². The molecular formula is C15H13BrFNO2. The first-order chi connectivity index (χ1) is 9.43. The van der Waals surface area contributed by atoms with Gasteiger partial charge in [0.2, 0.25) is 0 Å². The van der Waals surface area contributed by atoms with E-state index in [9.17, 15) is 9.18 Å². The van der Waals surface area contributed by atoms with Gasteiger partial charge in [0.15, 0.2) is 5.78 Å². The predicted molar refractivity (Wildman–Crippen MR) is 79.7 cm³/mol. The zero-order valence-electron chi connectivity index (χ0n) is 11.0. The number of rotatable bonds is 3. The second-order valence-corrected chi connectivity index (χ2v) is 5.24.